The van der Waals surface area contributed by atoms with Crippen LogP contribution in [0.3, 0.4) is 0 Å². The molecule has 80 valence electrons. The fourth-order valence-corrected chi connectivity index (χ4v) is 2.70. The topological polar surface area (TPSA) is 49.3 Å². The number of rotatable bonds is 2. The number of aliphatic hydroxyl groups is 1. The second-order valence-corrected chi connectivity index (χ2v) is 4.60. The van der Waals surface area contributed by atoms with E-state index >= 15 is 0 Å². The Morgan fingerprint density at radius 2 is 1.93 bits per heavy atom. The lowest BCUT2D eigenvalue weighted by atomic mass is 9.82. The lowest BCUT2D eigenvalue weighted by Crippen LogP contribution is -2.41. The first kappa shape index (κ1) is 9.97. The largest absolute Gasteiger partial charge is 0.391 e. The van der Waals surface area contributed by atoms with Crippen molar-refractivity contribution in [3.63, 3.8) is 0 Å². The van der Waals surface area contributed by atoms with Crippen LogP contribution in [0.5, 0.6) is 0 Å². The van der Waals surface area contributed by atoms with E-state index in [2.05, 4.69) is 5.32 Å². The zero-order valence-electron chi connectivity index (χ0n) is 8.54. The van der Waals surface area contributed by atoms with E-state index in [4.69, 9.17) is 0 Å². The highest BCUT2D eigenvalue weighted by Crippen LogP contribution is 2.29. The van der Waals surface area contributed by atoms with E-state index < -0.39 is 0 Å². The third-order valence-electron chi connectivity index (χ3n) is 3.57. The number of carbonyl (C=O) groups is 1. The predicted molar refractivity (Wildman–Crippen MR) is 53.7 cm³/mol. The number of aliphatic hydroxyl groups excluding tert-OH is 1. The van der Waals surface area contributed by atoms with Gasteiger partial charge in [-0.1, -0.05) is 19.3 Å². The number of nitrogens with one attached hydrogen (secondary N) is 1. The summed E-state index contributed by atoms with van der Waals surface area (Å²) >= 11 is 0. The van der Waals surface area contributed by atoms with Gasteiger partial charge in [-0.3, -0.25) is 4.79 Å². The average Bonchev–Trinajstić information content (AvgIpc) is 2.65. The van der Waals surface area contributed by atoms with Gasteiger partial charge < -0.3 is 10.4 Å². The predicted octanol–water partition coefficient (Wildman–Crippen LogP) is 1.21. The van der Waals surface area contributed by atoms with Gasteiger partial charge in [0.2, 0.25) is 5.91 Å². The molecule has 2 fully saturated rings. The first-order chi connectivity index (χ1) is 6.77. The zero-order chi connectivity index (χ0) is 9.97. The van der Waals surface area contributed by atoms with Crippen LogP contribution >= 0.6 is 0 Å². The molecule has 3 nitrogen and oxygen atoms in total. The highest BCUT2D eigenvalue weighted by Gasteiger charge is 2.33. The van der Waals surface area contributed by atoms with Crippen LogP contribution < -0.4 is 5.32 Å². The molecule has 0 aromatic rings. The van der Waals surface area contributed by atoms with Gasteiger partial charge in [-0.15, -0.1) is 0 Å². The summed E-state index contributed by atoms with van der Waals surface area (Å²) in [6.07, 6.45) is 7.15. The van der Waals surface area contributed by atoms with E-state index in [-0.39, 0.29) is 18.1 Å². The molecule has 2 atom stereocenters. The maximum absolute atomic E-state index is 11.0. The van der Waals surface area contributed by atoms with Crippen molar-refractivity contribution in [1.29, 1.82) is 0 Å². The maximum atomic E-state index is 11.0. The minimum absolute atomic E-state index is 0.0330. The molecular formula is C11H19NO2. The Morgan fingerprint density at radius 3 is 2.50 bits per heavy atom. The van der Waals surface area contributed by atoms with Crippen LogP contribution in [0, 0.1) is 5.92 Å². The van der Waals surface area contributed by atoms with Gasteiger partial charge in [0.15, 0.2) is 0 Å². The van der Waals surface area contributed by atoms with Gasteiger partial charge in [-0.25, -0.2) is 0 Å². The molecular weight excluding hydrogens is 178 g/mol. The molecule has 0 aromatic heterocycles. The molecule has 0 unspecified atom stereocenters. The van der Waals surface area contributed by atoms with E-state index in [1.165, 1.54) is 19.3 Å². The van der Waals surface area contributed by atoms with Crippen molar-refractivity contribution in [3.8, 4) is 0 Å². The fourth-order valence-electron chi connectivity index (χ4n) is 2.70. The lowest BCUT2D eigenvalue weighted by molar-refractivity contribution is -0.119. The Balaban J connectivity index is 1.86. The normalized spacial score (nSPS) is 31.5. The number of carbonyl (C=O) groups excluding carboxylic acids is 1. The molecule has 0 bridgehead atoms. The van der Waals surface area contributed by atoms with Crippen molar-refractivity contribution in [1.82, 2.24) is 5.32 Å². The smallest absolute Gasteiger partial charge is 0.220 e. The first-order valence-corrected chi connectivity index (χ1v) is 5.75. The molecule has 1 saturated carbocycles. The van der Waals surface area contributed by atoms with Crippen LogP contribution in [0.2, 0.25) is 0 Å². The van der Waals surface area contributed by atoms with Crippen LogP contribution in [-0.4, -0.2) is 23.2 Å². The van der Waals surface area contributed by atoms with Crippen LogP contribution in [0.4, 0.5) is 0 Å². The average molecular weight is 197 g/mol. The van der Waals surface area contributed by atoms with E-state index in [1.807, 2.05) is 0 Å². The minimum atomic E-state index is -0.304. The summed E-state index contributed by atoms with van der Waals surface area (Å²) in [5, 5.41) is 12.9. The van der Waals surface area contributed by atoms with Crippen molar-refractivity contribution >= 4 is 5.91 Å². The molecule has 1 aliphatic heterocycles. The molecule has 14 heavy (non-hydrogen) atoms. The Bertz CT molecular complexity index is 211. The Hall–Kier alpha value is -0.570. The summed E-state index contributed by atoms with van der Waals surface area (Å²) in [4.78, 5) is 11.0. The van der Waals surface area contributed by atoms with Gasteiger partial charge in [-0.2, -0.15) is 0 Å². The quantitative estimate of drug-likeness (QED) is 0.699. The molecule has 0 aromatic carbocycles. The van der Waals surface area contributed by atoms with Gasteiger partial charge in [0.25, 0.3) is 0 Å². The van der Waals surface area contributed by atoms with Crippen molar-refractivity contribution in [3.05, 3.63) is 0 Å². The van der Waals surface area contributed by atoms with Crippen LogP contribution in [0.25, 0.3) is 0 Å². The van der Waals surface area contributed by atoms with Crippen molar-refractivity contribution in [2.45, 2.75) is 57.1 Å². The Morgan fingerprint density at radius 1 is 1.21 bits per heavy atom. The standard InChI is InChI=1S/C11H19NO2/c13-10-7-6-9(12-10)11(14)8-4-2-1-3-5-8/h8-9,11,14H,1-7H2,(H,12,13)/t9-,11+/m1/s1. The van der Waals surface area contributed by atoms with Crippen LogP contribution in [-0.2, 0) is 4.79 Å². The van der Waals surface area contributed by atoms with Crippen molar-refractivity contribution in [2.24, 2.45) is 5.92 Å². The molecule has 1 amide bonds. The molecule has 0 spiro atoms. The molecule has 3 heteroatoms. The summed E-state index contributed by atoms with van der Waals surface area (Å²) < 4.78 is 0. The highest BCUT2D eigenvalue weighted by atomic mass is 16.3. The Kier molecular flexibility index (Phi) is 3.06. The zero-order valence-corrected chi connectivity index (χ0v) is 8.54. The number of hydrogen-bond acceptors (Lipinski definition) is 2. The van der Waals surface area contributed by atoms with Gasteiger partial charge in [0, 0.05) is 6.42 Å². The number of hydrogen-bond donors (Lipinski definition) is 2. The minimum Gasteiger partial charge on any atom is -0.391 e. The lowest BCUT2D eigenvalue weighted by Gasteiger charge is -2.30. The SMILES string of the molecule is O=C1CC[C@H]([C@@H](O)C2CCCCC2)N1. The van der Waals surface area contributed by atoms with E-state index in [0.717, 1.165) is 19.3 Å². The summed E-state index contributed by atoms with van der Waals surface area (Å²) in [6.45, 7) is 0. The van der Waals surface area contributed by atoms with Gasteiger partial charge in [-0.05, 0) is 25.2 Å². The molecule has 1 aliphatic carbocycles. The number of amides is 1. The van der Waals surface area contributed by atoms with Crippen molar-refractivity contribution < 1.29 is 9.90 Å². The van der Waals surface area contributed by atoms with E-state index in [9.17, 15) is 9.90 Å². The third kappa shape index (κ3) is 2.08. The molecule has 2 rings (SSSR count). The van der Waals surface area contributed by atoms with E-state index in [1.54, 1.807) is 0 Å². The highest BCUT2D eigenvalue weighted by molar-refractivity contribution is 5.78. The molecule has 2 N–H and O–H groups in total. The van der Waals surface area contributed by atoms with Crippen LogP contribution in [0.1, 0.15) is 44.9 Å². The molecule has 1 saturated heterocycles. The first-order valence-electron chi connectivity index (χ1n) is 5.75. The molecule has 0 radical (unpaired) electrons. The van der Waals surface area contributed by atoms with Crippen LogP contribution in [0.15, 0.2) is 0 Å². The summed E-state index contributed by atoms with van der Waals surface area (Å²) in [7, 11) is 0. The summed E-state index contributed by atoms with van der Waals surface area (Å²) in [6, 6.07) is 0.0330. The molecule has 1 heterocycles. The third-order valence-corrected chi connectivity index (χ3v) is 3.57. The monoisotopic (exact) mass is 197 g/mol. The second kappa shape index (κ2) is 4.30. The maximum Gasteiger partial charge on any atom is 0.220 e. The van der Waals surface area contributed by atoms with Gasteiger partial charge in [0.05, 0.1) is 12.1 Å². The van der Waals surface area contributed by atoms with Gasteiger partial charge in [0.1, 0.15) is 0 Å². The fraction of sp³-hybridized carbons (Fsp3) is 0.909. The second-order valence-electron chi connectivity index (χ2n) is 4.60. The van der Waals surface area contributed by atoms with Gasteiger partial charge >= 0.3 is 0 Å². The summed E-state index contributed by atoms with van der Waals surface area (Å²) in [5.74, 6) is 0.525. The van der Waals surface area contributed by atoms with E-state index in [0.29, 0.717) is 12.3 Å². The summed E-state index contributed by atoms with van der Waals surface area (Å²) in [5.41, 5.74) is 0. The Labute approximate surface area is 84.9 Å². The van der Waals surface area contributed by atoms with Crippen molar-refractivity contribution in [2.75, 3.05) is 0 Å². The molecule has 2 aliphatic rings.